The molecule has 2 N–H and O–H groups in total. The van der Waals surface area contributed by atoms with E-state index in [0.29, 0.717) is 19.4 Å². The van der Waals surface area contributed by atoms with Crippen molar-refractivity contribution in [2.75, 3.05) is 26.7 Å². The summed E-state index contributed by atoms with van der Waals surface area (Å²) in [7, 11) is 1.63. The van der Waals surface area contributed by atoms with Gasteiger partial charge in [-0.1, -0.05) is 0 Å². The highest BCUT2D eigenvalue weighted by Crippen LogP contribution is 2.27. The molecule has 3 rings (SSSR count). The molecule has 2 aromatic rings. The van der Waals surface area contributed by atoms with Crippen molar-refractivity contribution in [3.05, 3.63) is 42.7 Å². The van der Waals surface area contributed by atoms with E-state index in [0.717, 1.165) is 24.6 Å². The first-order chi connectivity index (χ1) is 12.6. The minimum absolute atomic E-state index is 0. The molecular weight excluding hydrogens is 368 g/mol. The van der Waals surface area contributed by atoms with Crippen LogP contribution in [0.2, 0.25) is 0 Å². The van der Waals surface area contributed by atoms with Crippen molar-refractivity contribution in [1.29, 1.82) is 0 Å². The molecule has 0 spiro atoms. The molecule has 2 heterocycles. The summed E-state index contributed by atoms with van der Waals surface area (Å²) >= 11 is 0. The molecule has 8 heteroatoms. The molecule has 0 aliphatic carbocycles. The Bertz CT molecular complexity index is 700. The number of rotatable bonds is 7. The quantitative estimate of drug-likeness (QED) is 0.750. The van der Waals surface area contributed by atoms with Crippen molar-refractivity contribution >= 4 is 18.3 Å². The maximum atomic E-state index is 13.0. The number of carbonyl (C=O) groups is 1. The Labute approximate surface area is 165 Å². The van der Waals surface area contributed by atoms with Gasteiger partial charge in [-0.2, -0.15) is 5.10 Å². The minimum Gasteiger partial charge on any atom is -0.497 e. The summed E-state index contributed by atoms with van der Waals surface area (Å²) < 4.78 is 12.8. The molecule has 0 saturated carbocycles. The van der Waals surface area contributed by atoms with E-state index in [1.807, 2.05) is 43.5 Å². The fourth-order valence-electron chi connectivity index (χ4n) is 3.25. The third-order valence-electron chi connectivity index (χ3n) is 4.74. The molecule has 1 aromatic carbocycles. The van der Waals surface area contributed by atoms with Gasteiger partial charge in [0.15, 0.2) is 0 Å². The van der Waals surface area contributed by atoms with Gasteiger partial charge in [-0.3, -0.25) is 9.48 Å². The van der Waals surface area contributed by atoms with E-state index in [-0.39, 0.29) is 24.4 Å². The number of amides is 1. The smallest absolute Gasteiger partial charge is 0.248 e. The summed E-state index contributed by atoms with van der Waals surface area (Å²) in [6.45, 7) is 3.96. The summed E-state index contributed by atoms with van der Waals surface area (Å²) in [4.78, 5) is 13.0. The first kappa shape index (κ1) is 21.1. The average Bonchev–Trinajstić information content (AvgIpc) is 3.22. The summed E-state index contributed by atoms with van der Waals surface area (Å²) in [5.74, 6) is 1.52. The van der Waals surface area contributed by atoms with Gasteiger partial charge in [0, 0.05) is 12.4 Å². The standard InChI is InChI=1S/C19H26N4O3.ClH/c1-15(26-17-6-4-16(25-2)5-7-17)14-21-18(24)19(8-11-20-12-9-19)23-13-3-10-22-23;/h3-7,10,13,15,20H,8-9,11-12,14H2,1-2H3,(H,21,24);1H. The van der Waals surface area contributed by atoms with Gasteiger partial charge in [-0.05, 0) is 63.2 Å². The van der Waals surface area contributed by atoms with Crippen LogP contribution in [-0.2, 0) is 10.3 Å². The van der Waals surface area contributed by atoms with Crippen LogP contribution in [-0.4, -0.2) is 48.5 Å². The first-order valence-electron chi connectivity index (χ1n) is 8.94. The molecular formula is C19H27ClN4O3. The van der Waals surface area contributed by atoms with Crippen LogP contribution in [0.1, 0.15) is 19.8 Å². The molecule has 7 nitrogen and oxygen atoms in total. The molecule has 1 aliphatic rings. The van der Waals surface area contributed by atoms with E-state index in [4.69, 9.17) is 9.47 Å². The van der Waals surface area contributed by atoms with Crippen molar-refractivity contribution < 1.29 is 14.3 Å². The van der Waals surface area contributed by atoms with Crippen LogP contribution in [0, 0.1) is 0 Å². The molecule has 1 unspecified atom stereocenters. The predicted molar refractivity (Wildman–Crippen MR) is 106 cm³/mol. The van der Waals surface area contributed by atoms with Crippen molar-refractivity contribution in [3.8, 4) is 11.5 Å². The van der Waals surface area contributed by atoms with Gasteiger partial charge in [-0.25, -0.2) is 0 Å². The Morgan fingerprint density at radius 3 is 2.56 bits per heavy atom. The molecule has 1 aliphatic heterocycles. The lowest BCUT2D eigenvalue weighted by molar-refractivity contribution is -0.132. The lowest BCUT2D eigenvalue weighted by Crippen LogP contribution is -2.55. The predicted octanol–water partition coefficient (Wildman–Crippen LogP) is 1.98. The van der Waals surface area contributed by atoms with E-state index in [1.165, 1.54) is 0 Å². The van der Waals surface area contributed by atoms with Crippen LogP contribution in [0.5, 0.6) is 11.5 Å². The van der Waals surface area contributed by atoms with Crippen molar-refractivity contribution in [3.63, 3.8) is 0 Å². The average molecular weight is 395 g/mol. The number of methoxy groups -OCH3 is 1. The number of nitrogens with zero attached hydrogens (tertiary/aromatic N) is 2. The SMILES string of the molecule is COc1ccc(OC(C)CNC(=O)C2(n3cccn3)CCNCC2)cc1.Cl. The number of aromatic nitrogens is 2. The fourth-order valence-corrected chi connectivity index (χ4v) is 3.25. The zero-order chi connectivity index (χ0) is 18.4. The van der Waals surface area contributed by atoms with Gasteiger partial charge in [-0.15, -0.1) is 12.4 Å². The Morgan fingerprint density at radius 2 is 1.96 bits per heavy atom. The van der Waals surface area contributed by atoms with Gasteiger partial charge < -0.3 is 20.1 Å². The third-order valence-corrected chi connectivity index (χ3v) is 4.74. The van der Waals surface area contributed by atoms with Gasteiger partial charge in [0.2, 0.25) is 5.91 Å². The highest BCUT2D eigenvalue weighted by molar-refractivity contribution is 5.85. The van der Waals surface area contributed by atoms with E-state index >= 15 is 0 Å². The van der Waals surface area contributed by atoms with E-state index < -0.39 is 5.54 Å². The molecule has 27 heavy (non-hydrogen) atoms. The Kier molecular flexibility index (Phi) is 7.50. The van der Waals surface area contributed by atoms with Crippen molar-refractivity contribution in [1.82, 2.24) is 20.4 Å². The Hall–Kier alpha value is -2.25. The van der Waals surface area contributed by atoms with Gasteiger partial charge in [0.1, 0.15) is 23.1 Å². The number of hydrogen-bond acceptors (Lipinski definition) is 5. The molecule has 1 amide bonds. The number of ether oxygens (including phenoxy) is 2. The normalized spacial score (nSPS) is 16.7. The van der Waals surface area contributed by atoms with Crippen LogP contribution >= 0.6 is 12.4 Å². The molecule has 1 saturated heterocycles. The summed E-state index contributed by atoms with van der Waals surface area (Å²) in [5, 5.41) is 10.7. The topological polar surface area (TPSA) is 77.4 Å². The number of hydrogen-bond donors (Lipinski definition) is 2. The first-order valence-corrected chi connectivity index (χ1v) is 8.94. The molecule has 0 radical (unpaired) electrons. The Morgan fingerprint density at radius 1 is 1.30 bits per heavy atom. The minimum atomic E-state index is -0.630. The number of benzene rings is 1. The summed E-state index contributed by atoms with van der Waals surface area (Å²) in [6.07, 6.45) is 4.86. The maximum Gasteiger partial charge on any atom is 0.248 e. The second kappa shape index (κ2) is 9.62. The Balaban J connectivity index is 0.00000261. The van der Waals surface area contributed by atoms with Crippen LogP contribution < -0.4 is 20.1 Å². The zero-order valence-electron chi connectivity index (χ0n) is 15.7. The lowest BCUT2D eigenvalue weighted by atomic mass is 9.87. The molecule has 1 aromatic heterocycles. The van der Waals surface area contributed by atoms with Crippen molar-refractivity contribution in [2.45, 2.75) is 31.4 Å². The molecule has 1 fully saturated rings. The summed E-state index contributed by atoms with van der Waals surface area (Å²) in [5.41, 5.74) is -0.630. The van der Waals surface area contributed by atoms with E-state index in [9.17, 15) is 4.79 Å². The number of halogens is 1. The zero-order valence-corrected chi connectivity index (χ0v) is 16.5. The number of nitrogens with one attached hydrogen (secondary N) is 2. The fraction of sp³-hybridized carbons (Fsp3) is 0.474. The molecule has 0 bridgehead atoms. The number of piperidine rings is 1. The lowest BCUT2D eigenvalue weighted by Gasteiger charge is -2.36. The van der Waals surface area contributed by atoms with Crippen molar-refractivity contribution in [2.24, 2.45) is 0 Å². The second-order valence-corrected chi connectivity index (χ2v) is 6.55. The van der Waals surface area contributed by atoms with Gasteiger partial charge >= 0.3 is 0 Å². The van der Waals surface area contributed by atoms with E-state index in [2.05, 4.69) is 15.7 Å². The number of carbonyl (C=O) groups excluding carboxylic acids is 1. The van der Waals surface area contributed by atoms with Gasteiger partial charge in [0.05, 0.1) is 13.7 Å². The maximum absolute atomic E-state index is 13.0. The van der Waals surface area contributed by atoms with Gasteiger partial charge in [0.25, 0.3) is 0 Å². The largest absolute Gasteiger partial charge is 0.497 e. The van der Waals surface area contributed by atoms with E-state index in [1.54, 1.807) is 18.0 Å². The van der Waals surface area contributed by atoms with Crippen LogP contribution in [0.15, 0.2) is 42.7 Å². The van der Waals surface area contributed by atoms with Crippen LogP contribution in [0.25, 0.3) is 0 Å². The molecule has 148 valence electrons. The second-order valence-electron chi connectivity index (χ2n) is 6.55. The van der Waals surface area contributed by atoms with Crippen LogP contribution in [0.3, 0.4) is 0 Å². The monoisotopic (exact) mass is 394 g/mol. The van der Waals surface area contributed by atoms with Crippen LogP contribution in [0.4, 0.5) is 0 Å². The highest BCUT2D eigenvalue weighted by Gasteiger charge is 2.41. The third kappa shape index (κ3) is 4.93. The molecule has 1 atom stereocenters. The summed E-state index contributed by atoms with van der Waals surface area (Å²) in [6, 6.07) is 9.27. The highest BCUT2D eigenvalue weighted by atomic mass is 35.5.